The molecule has 2 aliphatic rings. The summed E-state index contributed by atoms with van der Waals surface area (Å²) in [6, 6.07) is 7.80. The fourth-order valence-electron chi connectivity index (χ4n) is 3.42. The van der Waals surface area contributed by atoms with Gasteiger partial charge in [0.05, 0.1) is 0 Å². The van der Waals surface area contributed by atoms with Gasteiger partial charge in [-0.3, -0.25) is 4.79 Å². The second-order valence-corrected chi connectivity index (χ2v) is 6.56. The quantitative estimate of drug-likeness (QED) is 0.803. The third-order valence-electron chi connectivity index (χ3n) is 4.58. The Balaban J connectivity index is 1.75. The van der Waals surface area contributed by atoms with Crippen LogP contribution in [0.3, 0.4) is 0 Å². The number of hydrogen-bond donors (Lipinski definition) is 1. The zero-order valence-corrected chi connectivity index (χ0v) is 13.1. The molecule has 0 aliphatic heterocycles. The van der Waals surface area contributed by atoms with Crippen LogP contribution in [0.5, 0.6) is 0 Å². The molecule has 2 nitrogen and oxygen atoms in total. The molecule has 1 fully saturated rings. The Morgan fingerprint density at radius 3 is 2.43 bits per heavy atom. The number of nitrogens with one attached hydrogen (secondary N) is 1. The largest absolute Gasteiger partial charge is 0.385 e. The maximum absolute atomic E-state index is 12.7. The van der Waals surface area contributed by atoms with E-state index < -0.39 is 0 Å². The van der Waals surface area contributed by atoms with Gasteiger partial charge < -0.3 is 5.32 Å². The van der Waals surface area contributed by atoms with Gasteiger partial charge in [-0.1, -0.05) is 30.9 Å². The van der Waals surface area contributed by atoms with Crippen LogP contribution in [0.2, 0.25) is 5.02 Å². The predicted molar refractivity (Wildman–Crippen MR) is 86.7 cm³/mol. The fraction of sp³-hybridized carbons (Fsp3) is 0.500. The van der Waals surface area contributed by atoms with Crippen molar-refractivity contribution in [1.82, 2.24) is 5.32 Å². The molecule has 0 saturated heterocycles. The van der Waals surface area contributed by atoms with Crippen LogP contribution in [0.4, 0.5) is 0 Å². The highest BCUT2D eigenvalue weighted by Gasteiger charge is 2.24. The average molecular weight is 304 g/mol. The lowest BCUT2D eigenvalue weighted by atomic mass is 9.95. The minimum atomic E-state index is 0.169. The molecule has 0 aromatic heterocycles. The molecule has 21 heavy (non-hydrogen) atoms. The Morgan fingerprint density at radius 2 is 1.71 bits per heavy atom. The van der Waals surface area contributed by atoms with Crippen molar-refractivity contribution >= 4 is 17.4 Å². The number of ketones is 1. The van der Waals surface area contributed by atoms with E-state index in [9.17, 15) is 4.79 Å². The van der Waals surface area contributed by atoms with Crippen LogP contribution in [0.15, 0.2) is 35.5 Å². The lowest BCUT2D eigenvalue weighted by Gasteiger charge is -2.25. The van der Waals surface area contributed by atoms with Crippen LogP contribution < -0.4 is 5.32 Å². The molecule has 0 unspecified atom stereocenters. The van der Waals surface area contributed by atoms with Crippen molar-refractivity contribution in [2.75, 3.05) is 0 Å². The summed E-state index contributed by atoms with van der Waals surface area (Å²) in [6.07, 6.45) is 9.47. The van der Waals surface area contributed by atoms with Gasteiger partial charge in [-0.05, 0) is 56.4 Å². The van der Waals surface area contributed by atoms with E-state index in [1.165, 1.54) is 37.8 Å². The summed E-state index contributed by atoms with van der Waals surface area (Å²) in [4.78, 5) is 12.7. The molecule has 2 aliphatic carbocycles. The first-order valence-electron chi connectivity index (χ1n) is 8.03. The number of allylic oxidation sites excluding steroid dienone is 2. The lowest BCUT2D eigenvalue weighted by molar-refractivity contribution is 0.103. The standard InChI is InChI=1S/C18H22ClNO/c19-14-11-9-13(10-12-14)18(21)16-7-4-8-17(16)20-15-5-2-1-3-6-15/h9-12,15,20H,1-8H2. The first kappa shape index (κ1) is 14.6. The smallest absolute Gasteiger partial charge is 0.190 e. The Labute approximate surface area is 131 Å². The third kappa shape index (κ3) is 3.49. The van der Waals surface area contributed by atoms with Crippen LogP contribution in [-0.4, -0.2) is 11.8 Å². The second-order valence-electron chi connectivity index (χ2n) is 6.13. The maximum Gasteiger partial charge on any atom is 0.190 e. The van der Waals surface area contributed by atoms with Gasteiger partial charge in [0.15, 0.2) is 5.78 Å². The van der Waals surface area contributed by atoms with Crippen molar-refractivity contribution in [1.29, 1.82) is 0 Å². The molecule has 1 aromatic carbocycles. The molecule has 0 spiro atoms. The SMILES string of the molecule is O=C(C1=C(NC2CCCCC2)CCC1)c1ccc(Cl)cc1. The van der Waals surface area contributed by atoms with Gasteiger partial charge in [0.1, 0.15) is 0 Å². The van der Waals surface area contributed by atoms with Crippen molar-refractivity contribution in [3.05, 3.63) is 46.1 Å². The van der Waals surface area contributed by atoms with Crippen molar-refractivity contribution in [3.8, 4) is 0 Å². The van der Waals surface area contributed by atoms with Gasteiger partial charge in [-0.25, -0.2) is 0 Å². The summed E-state index contributed by atoms with van der Waals surface area (Å²) in [5.41, 5.74) is 2.93. The average Bonchev–Trinajstić information content (AvgIpc) is 2.96. The summed E-state index contributed by atoms with van der Waals surface area (Å²) in [7, 11) is 0. The summed E-state index contributed by atoms with van der Waals surface area (Å²) >= 11 is 5.90. The monoisotopic (exact) mass is 303 g/mol. The van der Waals surface area contributed by atoms with E-state index in [1.54, 1.807) is 12.1 Å². The summed E-state index contributed by atoms with van der Waals surface area (Å²) in [6.45, 7) is 0. The van der Waals surface area contributed by atoms with E-state index in [2.05, 4.69) is 5.32 Å². The Kier molecular flexibility index (Phi) is 4.64. The highest BCUT2D eigenvalue weighted by atomic mass is 35.5. The van der Waals surface area contributed by atoms with E-state index in [0.717, 1.165) is 30.4 Å². The molecule has 3 rings (SSSR count). The molecule has 1 saturated carbocycles. The summed E-state index contributed by atoms with van der Waals surface area (Å²) in [5.74, 6) is 0.169. The van der Waals surface area contributed by atoms with Gasteiger partial charge in [-0.2, -0.15) is 0 Å². The fourth-order valence-corrected chi connectivity index (χ4v) is 3.55. The Morgan fingerprint density at radius 1 is 1.00 bits per heavy atom. The topological polar surface area (TPSA) is 29.1 Å². The predicted octanol–water partition coefficient (Wildman–Crippen LogP) is 4.88. The maximum atomic E-state index is 12.7. The number of benzene rings is 1. The number of hydrogen-bond acceptors (Lipinski definition) is 2. The van der Waals surface area contributed by atoms with E-state index >= 15 is 0 Å². The van der Waals surface area contributed by atoms with Gasteiger partial charge in [-0.15, -0.1) is 0 Å². The van der Waals surface area contributed by atoms with Gasteiger partial charge in [0, 0.05) is 27.9 Å². The normalized spacial score (nSPS) is 19.9. The number of rotatable bonds is 4. The molecule has 0 bridgehead atoms. The number of Topliss-reactive ketones (excluding diaryl/α,β-unsaturated/α-hetero) is 1. The van der Waals surface area contributed by atoms with Crippen molar-refractivity contribution in [2.24, 2.45) is 0 Å². The van der Waals surface area contributed by atoms with Crippen molar-refractivity contribution in [2.45, 2.75) is 57.4 Å². The van der Waals surface area contributed by atoms with Crippen LogP contribution in [0, 0.1) is 0 Å². The molecule has 0 radical (unpaired) electrons. The molecule has 1 N–H and O–H groups in total. The van der Waals surface area contributed by atoms with E-state index in [1.807, 2.05) is 12.1 Å². The minimum Gasteiger partial charge on any atom is -0.385 e. The first-order chi connectivity index (χ1) is 10.2. The van der Waals surface area contributed by atoms with Crippen molar-refractivity contribution < 1.29 is 4.79 Å². The highest BCUT2D eigenvalue weighted by Crippen LogP contribution is 2.29. The Hall–Kier alpha value is -1.28. The summed E-state index contributed by atoms with van der Waals surface area (Å²) < 4.78 is 0. The van der Waals surface area contributed by atoms with Crippen LogP contribution in [0.1, 0.15) is 61.7 Å². The van der Waals surface area contributed by atoms with Crippen LogP contribution in [0.25, 0.3) is 0 Å². The summed E-state index contributed by atoms with van der Waals surface area (Å²) in [5, 5.41) is 4.34. The molecule has 0 heterocycles. The number of carbonyl (C=O) groups excluding carboxylic acids is 1. The molecule has 3 heteroatoms. The number of carbonyl (C=O) groups is 1. The second kappa shape index (κ2) is 6.65. The molecule has 1 aromatic rings. The number of halogens is 1. The molecule has 0 amide bonds. The molecule has 0 atom stereocenters. The van der Waals surface area contributed by atoms with Gasteiger partial charge >= 0.3 is 0 Å². The zero-order chi connectivity index (χ0) is 14.7. The third-order valence-corrected chi connectivity index (χ3v) is 4.83. The first-order valence-corrected chi connectivity index (χ1v) is 8.40. The van der Waals surface area contributed by atoms with Crippen LogP contribution in [-0.2, 0) is 0 Å². The van der Waals surface area contributed by atoms with Crippen molar-refractivity contribution in [3.63, 3.8) is 0 Å². The lowest BCUT2D eigenvalue weighted by Crippen LogP contribution is -2.31. The molecular formula is C18H22ClNO. The van der Waals surface area contributed by atoms with E-state index in [-0.39, 0.29) is 5.78 Å². The molecule has 112 valence electrons. The van der Waals surface area contributed by atoms with Gasteiger partial charge in [0.2, 0.25) is 0 Å². The Bertz CT molecular complexity index is 541. The molecular weight excluding hydrogens is 282 g/mol. The van der Waals surface area contributed by atoms with Crippen LogP contribution >= 0.6 is 11.6 Å². The zero-order valence-electron chi connectivity index (χ0n) is 12.3. The minimum absolute atomic E-state index is 0.169. The van der Waals surface area contributed by atoms with E-state index in [4.69, 9.17) is 11.6 Å². The van der Waals surface area contributed by atoms with E-state index in [0.29, 0.717) is 11.1 Å². The highest BCUT2D eigenvalue weighted by molar-refractivity contribution is 6.30. The van der Waals surface area contributed by atoms with Gasteiger partial charge in [0.25, 0.3) is 0 Å².